The van der Waals surface area contributed by atoms with Gasteiger partial charge in [-0.25, -0.2) is 0 Å². The van der Waals surface area contributed by atoms with Crippen LogP contribution < -0.4 is 5.73 Å². The van der Waals surface area contributed by atoms with Gasteiger partial charge in [-0.15, -0.1) is 0 Å². The van der Waals surface area contributed by atoms with Gasteiger partial charge in [0.05, 0.1) is 4.99 Å². The minimum absolute atomic E-state index is 0.0309. The SMILES string of the molecule is CC1SCCN(C(=O)C(C(N)=S)c2ccccc2)C1C. The lowest BCUT2D eigenvalue weighted by Gasteiger charge is -2.39. The molecule has 1 aliphatic heterocycles. The van der Waals surface area contributed by atoms with Crippen LogP contribution in [0.2, 0.25) is 0 Å². The number of hydrogen-bond donors (Lipinski definition) is 1. The van der Waals surface area contributed by atoms with E-state index in [9.17, 15) is 4.79 Å². The van der Waals surface area contributed by atoms with E-state index in [0.717, 1.165) is 17.9 Å². The number of benzene rings is 1. The fraction of sp³-hybridized carbons (Fsp3) is 0.467. The molecule has 1 amide bonds. The normalized spacial score (nSPS) is 24.2. The second-order valence-corrected chi connectivity index (χ2v) is 7.05. The van der Waals surface area contributed by atoms with Gasteiger partial charge in [-0.1, -0.05) is 49.5 Å². The Bertz CT molecular complexity index is 492. The van der Waals surface area contributed by atoms with Crippen LogP contribution in [-0.2, 0) is 4.79 Å². The average molecular weight is 308 g/mol. The fourth-order valence-corrected chi connectivity index (χ4v) is 3.82. The molecule has 1 saturated heterocycles. The van der Waals surface area contributed by atoms with Crippen molar-refractivity contribution in [1.82, 2.24) is 4.90 Å². The van der Waals surface area contributed by atoms with E-state index in [1.807, 2.05) is 47.0 Å². The van der Waals surface area contributed by atoms with Gasteiger partial charge in [-0.3, -0.25) is 4.79 Å². The van der Waals surface area contributed by atoms with Crippen LogP contribution in [0.15, 0.2) is 30.3 Å². The molecule has 2 N–H and O–H groups in total. The summed E-state index contributed by atoms with van der Waals surface area (Å²) in [7, 11) is 0. The van der Waals surface area contributed by atoms with Crippen LogP contribution in [0.25, 0.3) is 0 Å². The quantitative estimate of drug-likeness (QED) is 0.871. The topological polar surface area (TPSA) is 46.3 Å². The van der Waals surface area contributed by atoms with Gasteiger partial charge >= 0.3 is 0 Å². The summed E-state index contributed by atoms with van der Waals surface area (Å²) >= 11 is 7.04. The molecule has 20 heavy (non-hydrogen) atoms. The van der Waals surface area contributed by atoms with Crippen LogP contribution in [0.3, 0.4) is 0 Å². The second kappa shape index (κ2) is 6.59. The summed E-state index contributed by atoms with van der Waals surface area (Å²) < 4.78 is 0. The highest BCUT2D eigenvalue weighted by atomic mass is 32.2. The first kappa shape index (κ1) is 15.3. The van der Waals surface area contributed by atoms with Gasteiger partial charge in [0.1, 0.15) is 5.92 Å². The van der Waals surface area contributed by atoms with Gasteiger partial charge in [-0.2, -0.15) is 11.8 Å². The predicted octanol–water partition coefficient (Wildman–Crippen LogP) is 2.41. The van der Waals surface area contributed by atoms with Crippen molar-refractivity contribution in [2.75, 3.05) is 12.3 Å². The Kier molecular flexibility index (Phi) is 5.05. The van der Waals surface area contributed by atoms with Crippen molar-refractivity contribution in [1.29, 1.82) is 0 Å². The van der Waals surface area contributed by atoms with Crippen molar-refractivity contribution in [3.63, 3.8) is 0 Å². The molecule has 0 aromatic heterocycles. The van der Waals surface area contributed by atoms with Crippen LogP contribution in [0.5, 0.6) is 0 Å². The van der Waals surface area contributed by atoms with Gasteiger partial charge in [0, 0.05) is 23.6 Å². The van der Waals surface area contributed by atoms with E-state index >= 15 is 0 Å². The molecule has 1 heterocycles. The summed E-state index contributed by atoms with van der Waals surface area (Å²) in [4.78, 5) is 15.0. The monoisotopic (exact) mass is 308 g/mol. The minimum atomic E-state index is -0.510. The van der Waals surface area contributed by atoms with E-state index in [4.69, 9.17) is 18.0 Å². The van der Waals surface area contributed by atoms with Gasteiger partial charge in [0.2, 0.25) is 5.91 Å². The Morgan fingerprint density at radius 1 is 1.40 bits per heavy atom. The molecule has 0 saturated carbocycles. The highest BCUT2D eigenvalue weighted by Gasteiger charge is 2.34. The molecule has 3 atom stereocenters. The summed E-state index contributed by atoms with van der Waals surface area (Å²) in [6.45, 7) is 5.02. The maximum atomic E-state index is 12.8. The number of carbonyl (C=O) groups excluding carboxylic acids is 1. The summed E-state index contributed by atoms with van der Waals surface area (Å²) in [5.74, 6) is 0.489. The molecule has 3 nitrogen and oxygen atoms in total. The first-order valence-corrected chi connectivity index (χ1v) is 8.24. The average Bonchev–Trinajstić information content (AvgIpc) is 2.42. The van der Waals surface area contributed by atoms with E-state index in [0.29, 0.717) is 5.25 Å². The van der Waals surface area contributed by atoms with Gasteiger partial charge < -0.3 is 10.6 Å². The zero-order valence-corrected chi connectivity index (χ0v) is 13.4. The van der Waals surface area contributed by atoms with Crippen LogP contribution in [0.1, 0.15) is 25.3 Å². The Hall–Kier alpha value is -1.07. The van der Waals surface area contributed by atoms with E-state index in [-0.39, 0.29) is 16.9 Å². The lowest BCUT2D eigenvalue weighted by molar-refractivity contribution is -0.133. The summed E-state index contributed by atoms with van der Waals surface area (Å²) in [5, 5.41) is 0.440. The summed E-state index contributed by atoms with van der Waals surface area (Å²) in [6, 6.07) is 9.77. The molecule has 2 rings (SSSR count). The number of thioether (sulfide) groups is 1. The smallest absolute Gasteiger partial charge is 0.237 e. The minimum Gasteiger partial charge on any atom is -0.392 e. The van der Waals surface area contributed by atoms with Crippen molar-refractivity contribution in [2.45, 2.75) is 31.1 Å². The number of hydrogen-bond acceptors (Lipinski definition) is 3. The Labute approximate surface area is 129 Å². The van der Waals surface area contributed by atoms with Crippen molar-refractivity contribution in [2.24, 2.45) is 5.73 Å². The molecule has 3 unspecified atom stereocenters. The molecule has 1 aliphatic rings. The van der Waals surface area contributed by atoms with Crippen LogP contribution in [0, 0.1) is 0 Å². The number of nitrogens with zero attached hydrogens (tertiary/aromatic N) is 1. The molecule has 1 fully saturated rings. The van der Waals surface area contributed by atoms with Crippen molar-refractivity contribution in [3.8, 4) is 0 Å². The Morgan fingerprint density at radius 3 is 2.65 bits per heavy atom. The molecule has 0 radical (unpaired) electrons. The Morgan fingerprint density at radius 2 is 2.05 bits per heavy atom. The summed E-state index contributed by atoms with van der Waals surface area (Å²) in [6.07, 6.45) is 0. The zero-order chi connectivity index (χ0) is 14.7. The second-order valence-electron chi connectivity index (χ2n) is 5.09. The highest BCUT2D eigenvalue weighted by molar-refractivity contribution is 8.00. The summed E-state index contributed by atoms with van der Waals surface area (Å²) in [5.41, 5.74) is 6.71. The maximum Gasteiger partial charge on any atom is 0.237 e. The first-order valence-electron chi connectivity index (χ1n) is 6.78. The molecule has 108 valence electrons. The fourth-order valence-electron chi connectivity index (χ4n) is 2.48. The van der Waals surface area contributed by atoms with Gasteiger partial charge in [0.15, 0.2) is 0 Å². The number of thiocarbonyl (C=S) groups is 1. The standard InChI is InChI=1S/C15H20N2OS2/c1-10-11(2)20-9-8-17(10)15(18)13(14(16)19)12-6-4-3-5-7-12/h3-7,10-11,13H,8-9H2,1-2H3,(H2,16,19). The van der Waals surface area contributed by atoms with E-state index in [1.54, 1.807) is 0 Å². The van der Waals surface area contributed by atoms with E-state index in [2.05, 4.69) is 13.8 Å². The maximum absolute atomic E-state index is 12.8. The first-order chi connectivity index (χ1) is 9.52. The molecule has 0 spiro atoms. The van der Waals surface area contributed by atoms with Crippen LogP contribution >= 0.6 is 24.0 Å². The molecule has 0 bridgehead atoms. The van der Waals surface area contributed by atoms with Crippen LogP contribution in [0.4, 0.5) is 0 Å². The third-order valence-corrected chi connectivity index (χ3v) is 5.40. The Balaban J connectivity index is 2.26. The lowest BCUT2D eigenvalue weighted by Crippen LogP contribution is -2.51. The molecular formula is C15H20N2OS2. The number of nitrogens with two attached hydrogens (primary N) is 1. The highest BCUT2D eigenvalue weighted by Crippen LogP contribution is 2.28. The predicted molar refractivity (Wildman–Crippen MR) is 89.1 cm³/mol. The zero-order valence-electron chi connectivity index (χ0n) is 11.8. The van der Waals surface area contributed by atoms with E-state index in [1.165, 1.54) is 0 Å². The third-order valence-electron chi connectivity index (χ3n) is 3.83. The van der Waals surface area contributed by atoms with Crippen molar-refractivity contribution >= 4 is 34.9 Å². The number of rotatable bonds is 3. The van der Waals surface area contributed by atoms with Gasteiger partial charge in [-0.05, 0) is 12.5 Å². The molecule has 1 aromatic rings. The molecule has 1 aromatic carbocycles. The van der Waals surface area contributed by atoms with E-state index < -0.39 is 5.92 Å². The van der Waals surface area contributed by atoms with Crippen molar-refractivity contribution in [3.05, 3.63) is 35.9 Å². The molecular weight excluding hydrogens is 288 g/mol. The number of carbonyl (C=O) groups is 1. The van der Waals surface area contributed by atoms with Gasteiger partial charge in [0.25, 0.3) is 0 Å². The molecule has 5 heteroatoms. The number of amides is 1. The molecule has 0 aliphatic carbocycles. The lowest BCUT2D eigenvalue weighted by atomic mass is 9.96. The van der Waals surface area contributed by atoms with Crippen molar-refractivity contribution < 1.29 is 4.79 Å². The largest absolute Gasteiger partial charge is 0.392 e. The van der Waals surface area contributed by atoms with Crippen LogP contribution in [-0.4, -0.2) is 39.4 Å². The third kappa shape index (κ3) is 3.15.